The topological polar surface area (TPSA) is 114 Å². The van der Waals surface area contributed by atoms with E-state index < -0.39 is 0 Å². The lowest BCUT2D eigenvalue weighted by Gasteiger charge is -2.07. The predicted molar refractivity (Wildman–Crippen MR) is 73.6 cm³/mol. The van der Waals surface area contributed by atoms with Gasteiger partial charge in [-0.25, -0.2) is 4.98 Å². The van der Waals surface area contributed by atoms with E-state index in [1.165, 1.54) is 0 Å². The summed E-state index contributed by atoms with van der Waals surface area (Å²) >= 11 is 1.14. The third-order valence-corrected chi connectivity index (χ3v) is 3.54. The molecule has 0 radical (unpaired) electrons. The smallest absolute Gasteiger partial charge is 0.316 e. The van der Waals surface area contributed by atoms with Crippen molar-refractivity contribution >= 4 is 23.5 Å². The van der Waals surface area contributed by atoms with E-state index in [2.05, 4.69) is 11.1 Å². The van der Waals surface area contributed by atoms with Crippen LogP contribution in [0.15, 0.2) is 5.03 Å². The number of rotatable bonds is 5. The first-order chi connectivity index (χ1) is 9.58. The molecule has 0 atom stereocenters. The Balaban J connectivity index is 3.15. The zero-order chi connectivity index (χ0) is 15.1. The second-order valence-electron chi connectivity index (χ2n) is 3.77. The Labute approximate surface area is 121 Å². The van der Waals surface area contributed by atoms with Gasteiger partial charge in [0, 0.05) is 5.56 Å². The number of nitrogens with one attached hydrogen (secondary N) is 1. The SMILES string of the molecule is CCOC(=O)CSc1[nH+]c(N)c(C#N)c(CC)c1C#N. The van der Waals surface area contributed by atoms with Crippen molar-refractivity contribution in [3.05, 3.63) is 16.7 Å². The van der Waals surface area contributed by atoms with Crippen molar-refractivity contribution in [1.82, 2.24) is 0 Å². The standard InChI is InChI=1S/C13H14N4O2S/c1-3-8-9(5-14)12(16)17-13(10(8)6-15)20-7-11(18)19-4-2/h3-4,7H2,1-2H3,(H2,16,17)/p+1. The Morgan fingerprint density at radius 1 is 1.35 bits per heavy atom. The Bertz CT molecular complexity index is 602. The van der Waals surface area contributed by atoms with E-state index in [1.807, 2.05) is 13.0 Å². The molecule has 7 heteroatoms. The van der Waals surface area contributed by atoms with Crippen LogP contribution in [0.2, 0.25) is 0 Å². The molecule has 0 unspecified atom stereocenters. The summed E-state index contributed by atoms with van der Waals surface area (Å²) in [4.78, 5) is 14.2. The molecule has 1 aromatic heterocycles. The highest BCUT2D eigenvalue weighted by Gasteiger charge is 2.22. The van der Waals surface area contributed by atoms with Crippen molar-refractivity contribution < 1.29 is 14.5 Å². The minimum Gasteiger partial charge on any atom is -0.465 e. The third kappa shape index (κ3) is 3.40. The molecule has 0 amide bonds. The quantitative estimate of drug-likeness (QED) is 0.640. The number of esters is 1. The molecule has 6 nitrogen and oxygen atoms in total. The van der Waals surface area contributed by atoms with Gasteiger partial charge < -0.3 is 4.74 Å². The van der Waals surface area contributed by atoms with E-state index in [0.29, 0.717) is 29.2 Å². The highest BCUT2D eigenvalue weighted by molar-refractivity contribution is 7.99. The van der Waals surface area contributed by atoms with Gasteiger partial charge in [0.05, 0.1) is 12.4 Å². The molecule has 1 rings (SSSR count). The van der Waals surface area contributed by atoms with Gasteiger partial charge in [-0.15, -0.1) is 0 Å². The minimum absolute atomic E-state index is 0.0769. The lowest BCUT2D eigenvalue weighted by molar-refractivity contribution is -0.410. The molecule has 0 bridgehead atoms. The molecular formula is C13H15N4O2S+. The number of pyridine rings is 1. The summed E-state index contributed by atoms with van der Waals surface area (Å²) < 4.78 is 4.83. The van der Waals surface area contributed by atoms with E-state index in [0.717, 1.165) is 11.8 Å². The van der Waals surface area contributed by atoms with Gasteiger partial charge >= 0.3 is 5.97 Å². The monoisotopic (exact) mass is 291 g/mol. The molecule has 0 aromatic carbocycles. The maximum Gasteiger partial charge on any atom is 0.316 e. The highest BCUT2D eigenvalue weighted by Crippen LogP contribution is 2.25. The van der Waals surface area contributed by atoms with Crippen LogP contribution in [0.3, 0.4) is 0 Å². The molecule has 104 valence electrons. The number of aromatic amines is 1. The Morgan fingerprint density at radius 2 is 2.00 bits per heavy atom. The molecule has 3 N–H and O–H groups in total. The van der Waals surface area contributed by atoms with Crippen LogP contribution >= 0.6 is 11.8 Å². The Morgan fingerprint density at radius 3 is 2.50 bits per heavy atom. The zero-order valence-electron chi connectivity index (χ0n) is 11.3. The molecular weight excluding hydrogens is 276 g/mol. The van der Waals surface area contributed by atoms with Crippen LogP contribution < -0.4 is 10.7 Å². The van der Waals surface area contributed by atoms with Gasteiger partial charge in [0.1, 0.15) is 23.3 Å². The second-order valence-corrected chi connectivity index (χ2v) is 4.75. The summed E-state index contributed by atoms with van der Waals surface area (Å²) in [6.07, 6.45) is 0.512. The van der Waals surface area contributed by atoms with Gasteiger partial charge in [-0.2, -0.15) is 10.5 Å². The summed E-state index contributed by atoms with van der Waals surface area (Å²) in [7, 11) is 0. The number of anilines is 1. The summed E-state index contributed by atoms with van der Waals surface area (Å²) in [6.45, 7) is 3.88. The molecule has 1 heterocycles. The first-order valence-corrected chi connectivity index (χ1v) is 7.03. The fourth-order valence-electron chi connectivity index (χ4n) is 1.71. The Hall–Kier alpha value is -2.25. The Kier molecular flexibility index (Phi) is 5.82. The lowest BCUT2D eigenvalue weighted by atomic mass is 10.0. The number of hydrogen-bond acceptors (Lipinski definition) is 6. The summed E-state index contributed by atoms with van der Waals surface area (Å²) in [5, 5.41) is 18.8. The van der Waals surface area contributed by atoms with Crippen LogP contribution in [-0.4, -0.2) is 18.3 Å². The van der Waals surface area contributed by atoms with Gasteiger partial charge in [0.15, 0.2) is 5.03 Å². The molecule has 0 aliphatic heterocycles. The normalized spacial score (nSPS) is 9.60. The van der Waals surface area contributed by atoms with Gasteiger partial charge in [0.25, 0.3) is 5.82 Å². The number of aromatic nitrogens is 1. The molecule has 0 saturated carbocycles. The number of ether oxygens (including phenoxy) is 1. The largest absolute Gasteiger partial charge is 0.465 e. The van der Waals surface area contributed by atoms with Crippen LogP contribution in [0.25, 0.3) is 0 Å². The predicted octanol–water partition coefficient (Wildman–Crippen LogP) is 1.04. The summed E-state index contributed by atoms with van der Waals surface area (Å²) in [5.41, 5.74) is 7.01. The van der Waals surface area contributed by atoms with Gasteiger partial charge in [-0.1, -0.05) is 18.7 Å². The number of nitrogen functional groups attached to an aromatic ring is 1. The molecule has 0 fully saturated rings. The zero-order valence-corrected chi connectivity index (χ0v) is 12.1. The van der Waals surface area contributed by atoms with E-state index >= 15 is 0 Å². The summed E-state index contributed by atoms with van der Waals surface area (Å²) in [5.74, 6) is -0.0847. The number of hydrogen-bond donors (Lipinski definition) is 1. The molecule has 20 heavy (non-hydrogen) atoms. The summed E-state index contributed by atoms with van der Waals surface area (Å²) in [6, 6.07) is 4.06. The van der Waals surface area contributed by atoms with E-state index in [9.17, 15) is 10.1 Å². The third-order valence-electron chi connectivity index (χ3n) is 2.56. The number of carbonyl (C=O) groups is 1. The number of nitrogens with two attached hydrogens (primary N) is 1. The van der Waals surface area contributed by atoms with Crippen molar-refractivity contribution in [3.8, 4) is 12.1 Å². The number of nitriles is 2. The maximum absolute atomic E-state index is 11.4. The fraction of sp³-hybridized carbons (Fsp3) is 0.385. The molecule has 0 aliphatic carbocycles. The molecule has 0 aliphatic rings. The number of thioether (sulfide) groups is 1. The van der Waals surface area contributed by atoms with Crippen molar-refractivity contribution in [2.45, 2.75) is 25.3 Å². The molecule has 1 aromatic rings. The molecule has 0 spiro atoms. The number of H-pyrrole nitrogens is 1. The number of carbonyl (C=O) groups excluding carboxylic acids is 1. The average molecular weight is 291 g/mol. The van der Waals surface area contributed by atoms with Crippen LogP contribution in [0.1, 0.15) is 30.5 Å². The van der Waals surface area contributed by atoms with Crippen LogP contribution in [0.4, 0.5) is 5.82 Å². The van der Waals surface area contributed by atoms with Crippen LogP contribution in [0.5, 0.6) is 0 Å². The van der Waals surface area contributed by atoms with Crippen molar-refractivity contribution in [1.29, 1.82) is 10.5 Å². The van der Waals surface area contributed by atoms with Crippen molar-refractivity contribution in [2.75, 3.05) is 18.1 Å². The van der Waals surface area contributed by atoms with E-state index in [4.69, 9.17) is 15.7 Å². The van der Waals surface area contributed by atoms with E-state index in [-0.39, 0.29) is 23.1 Å². The van der Waals surface area contributed by atoms with E-state index in [1.54, 1.807) is 6.92 Å². The van der Waals surface area contributed by atoms with Gasteiger partial charge in [-0.3, -0.25) is 10.5 Å². The highest BCUT2D eigenvalue weighted by atomic mass is 32.2. The second kappa shape index (κ2) is 7.37. The molecule has 0 saturated heterocycles. The number of nitrogens with zero attached hydrogens (tertiary/aromatic N) is 2. The first kappa shape index (κ1) is 15.8. The maximum atomic E-state index is 11.4. The van der Waals surface area contributed by atoms with Crippen molar-refractivity contribution in [2.24, 2.45) is 0 Å². The van der Waals surface area contributed by atoms with Crippen LogP contribution in [0, 0.1) is 22.7 Å². The van der Waals surface area contributed by atoms with Crippen LogP contribution in [-0.2, 0) is 16.0 Å². The minimum atomic E-state index is -0.365. The van der Waals surface area contributed by atoms with Gasteiger partial charge in [0.2, 0.25) is 0 Å². The van der Waals surface area contributed by atoms with Crippen molar-refractivity contribution in [3.63, 3.8) is 0 Å². The first-order valence-electron chi connectivity index (χ1n) is 6.05. The average Bonchev–Trinajstić information content (AvgIpc) is 2.44. The van der Waals surface area contributed by atoms with Gasteiger partial charge in [-0.05, 0) is 13.3 Å². The lowest BCUT2D eigenvalue weighted by Crippen LogP contribution is -2.20. The fourth-order valence-corrected chi connectivity index (χ4v) is 2.55.